The minimum atomic E-state index is -1.11. The Kier molecular flexibility index (Phi) is 3.21. The van der Waals surface area contributed by atoms with E-state index >= 15 is 0 Å². The van der Waals surface area contributed by atoms with Crippen LogP contribution in [0.2, 0.25) is 5.02 Å². The van der Waals surface area contributed by atoms with Crippen LogP contribution in [0.4, 0.5) is 5.82 Å². The van der Waals surface area contributed by atoms with Crippen LogP contribution in [0.5, 0.6) is 0 Å². The second-order valence-corrected chi connectivity index (χ2v) is 4.26. The molecule has 1 aromatic heterocycles. The maximum atomic E-state index is 11.2. The van der Waals surface area contributed by atoms with Crippen molar-refractivity contribution in [1.82, 2.24) is 4.98 Å². The van der Waals surface area contributed by atoms with E-state index in [1.807, 2.05) is 6.92 Å². The molecule has 0 fully saturated rings. The van der Waals surface area contributed by atoms with Gasteiger partial charge in [-0.2, -0.15) is 0 Å². The quantitative estimate of drug-likeness (QED) is 0.872. The second-order valence-electron chi connectivity index (χ2n) is 3.85. The highest BCUT2D eigenvalue weighted by molar-refractivity contribution is 6.31. The highest BCUT2D eigenvalue weighted by atomic mass is 35.5. The molecule has 4 nitrogen and oxygen atoms in total. The molecule has 3 N–H and O–H groups in total. The minimum Gasteiger partial charge on any atom is -0.476 e. The number of hydrogen-bond donors (Lipinski definition) is 2. The van der Waals surface area contributed by atoms with Crippen molar-refractivity contribution in [1.29, 1.82) is 0 Å². The average molecular weight is 263 g/mol. The number of halogens is 1. The molecule has 5 heteroatoms. The highest BCUT2D eigenvalue weighted by Gasteiger charge is 2.16. The number of benzene rings is 1. The Morgan fingerprint density at radius 2 is 2.00 bits per heavy atom. The van der Waals surface area contributed by atoms with Gasteiger partial charge in [-0.05, 0) is 36.2 Å². The molecule has 92 valence electrons. The monoisotopic (exact) mass is 262 g/mol. The molecule has 0 radical (unpaired) electrons. The number of pyridine rings is 1. The summed E-state index contributed by atoms with van der Waals surface area (Å²) in [5, 5.41) is 9.74. The molecule has 18 heavy (non-hydrogen) atoms. The van der Waals surface area contributed by atoms with Crippen LogP contribution in [0, 0.1) is 6.92 Å². The topological polar surface area (TPSA) is 76.2 Å². The first-order valence-corrected chi connectivity index (χ1v) is 5.64. The fourth-order valence-corrected chi connectivity index (χ4v) is 1.93. The summed E-state index contributed by atoms with van der Waals surface area (Å²) in [5.41, 5.74) is 7.51. The molecule has 2 aromatic rings. The van der Waals surface area contributed by atoms with E-state index in [2.05, 4.69) is 4.98 Å². The van der Waals surface area contributed by atoms with Crippen molar-refractivity contribution in [3.8, 4) is 11.1 Å². The standard InChI is InChI=1S/C13H11ClN2O2/c1-7-8(3-2-4-10(7)14)9-5-6-11(15)16-12(9)13(17)18/h2-6H,1H3,(H2,15,16)(H,17,18). The number of aromatic carboxylic acids is 1. The predicted molar refractivity (Wildman–Crippen MR) is 70.8 cm³/mol. The lowest BCUT2D eigenvalue weighted by molar-refractivity contribution is 0.0691. The lowest BCUT2D eigenvalue weighted by Gasteiger charge is -2.10. The van der Waals surface area contributed by atoms with Gasteiger partial charge >= 0.3 is 5.97 Å². The Morgan fingerprint density at radius 3 is 2.67 bits per heavy atom. The van der Waals surface area contributed by atoms with E-state index in [9.17, 15) is 4.79 Å². The maximum absolute atomic E-state index is 11.2. The summed E-state index contributed by atoms with van der Waals surface area (Å²) >= 11 is 6.03. The third-order valence-corrected chi connectivity index (χ3v) is 3.09. The fraction of sp³-hybridized carbons (Fsp3) is 0.0769. The summed E-state index contributed by atoms with van der Waals surface area (Å²) in [6.45, 7) is 1.83. The largest absolute Gasteiger partial charge is 0.476 e. The van der Waals surface area contributed by atoms with E-state index < -0.39 is 5.97 Å². The molecule has 1 aromatic carbocycles. The molecule has 0 saturated carbocycles. The number of carboxylic acids is 1. The molecule has 0 saturated heterocycles. The van der Waals surface area contributed by atoms with Crippen molar-refractivity contribution in [2.75, 3.05) is 5.73 Å². The Labute approximate surface area is 109 Å². The summed E-state index contributed by atoms with van der Waals surface area (Å²) in [6, 6.07) is 8.55. The second kappa shape index (κ2) is 4.66. The van der Waals surface area contributed by atoms with E-state index in [1.54, 1.807) is 30.3 Å². The van der Waals surface area contributed by atoms with Gasteiger partial charge in [-0.15, -0.1) is 0 Å². The molecular weight excluding hydrogens is 252 g/mol. The molecular formula is C13H11ClN2O2. The molecule has 0 atom stereocenters. The number of carboxylic acid groups (broad SMARTS) is 1. The molecule has 0 unspecified atom stereocenters. The van der Waals surface area contributed by atoms with Crippen LogP contribution in [0.3, 0.4) is 0 Å². The lowest BCUT2D eigenvalue weighted by atomic mass is 9.99. The van der Waals surface area contributed by atoms with Crippen LogP contribution >= 0.6 is 11.6 Å². The third-order valence-electron chi connectivity index (χ3n) is 2.68. The summed E-state index contributed by atoms with van der Waals surface area (Å²) in [7, 11) is 0. The van der Waals surface area contributed by atoms with Crippen molar-refractivity contribution in [3.05, 3.63) is 46.6 Å². The van der Waals surface area contributed by atoms with Crippen LogP contribution in [0.1, 0.15) is 16.1 Å². The van der Waals surface area contributed by atoms with Crippen molar-refractivity contribution in [2.45, 2.75) is 6.92 Å². The summed E-state index contributed by atoms with van der Waals surface area (Å²) in [6.07, 6.45) is 0. The average Bonchev–Trinajstić information content (AvgIpc) is 2.33. The molecule has 0 aliphatic heterocycles. The van der Waals surface area contributed by atoms with Crippen molar-refractivity contribution < 1.29 is 9.90 Å². The SMILES string of the molecule is Cc1c(Cl)cccc1-c1ccc(N)nc1C(=O)O. The van der Waals surface area contributed by atoms with Crippen LogP contribution in [0.25, 0.3) is 11.1 Å². The number of nitrogen functional groups attached to an aromatic ring is 1. The van der Waals surface area contributed by atoms with Crippen molar-refractivity contribution in [2.24, 2.45) is 0 Å². The van der Waals surface area contributed by atoms with E-state index in [0.29, 0.717) is 10.6 Å². The van der Waals surface area contributed by atoms with Gasteiger partial charge in [-0.3, -0.25) is 0 Å². The normalized spacial score (nSPS) is 10.3. The Hall–Kier alpha value is -2.07. The molecule has 0 aliphatic carbocycles. The van der Waals surface area contributed by atoms with E-state index in [-0.39, 0.29) is 11.5 Å². The zero-order valence-electron chi connectivity index (χ0n) is 9.64. The van der Waals surface area contributed by atoms with Gasteiger partial charge in [0.2, 0.25) is 0 Å². The predicted octanol–water partition coefficient (Wildman–Crippen LogP) is 2.99. The van der Waals surface area contributed by atoms with Crippen LogP contribution in [-0.4, -0.2) is 16.1 Å². The number of rotatable bonds is 2. The zero-order chi connectivity index (χ0) is 13.3. The van der Waals surface area contributed by atoms with Crippen molar-refractivity contribution >= 4 is 23.4 Å². The lowest BCUT2D eigenvalue weighted by Crippen LogP contribution is -2.06. The molecule has 0 aliphatic rings. The fourth-order valence-electron chi connectivity index (χ4n) is 1.75. The maximum Gasteiger partial charge on any atom is 0.355 e. The molecule has 1 heterocycles. The minimum absolute atomic E-state index is 0.0691. The summed E-state index contributed by atoms with van der Waals surface area (Å²) in [5.74, 6) is -0.937. The van der Waals surface area contributed by atoms with Gasteiger partial charge in [-0.1, -0.05) is 23.7 Å². The number of nitrogens with zero attached hydrogens (tertiary/aromatic N) is 1. The van der Waals surface area contributed by atoms with E-state index in [4.69, 9.17) is 22.4 Å². The van der Waals surface area contributed by atoms with Gasteiger partial charge in [0, 0.05) is 10.6 Å². The first kappa shape index (κ1) is 12.4. The molecule has 0 amide bonds. The van der Waals surface area contributed by atoms with E-state index in [1.165, 1.54) is 0 Å². The van der Waals surface area contributed by atoms with Gasteiger partial charge in [0.25, 0.3) is 0 Å². The van der Waals surface area contributed by atoms with Gasteiger partial charge in [0.15, 0.2) is 5.69 Å². The van der Waals surface area contributed by atoms with Gasteiger partial charge in [0.1, 0.15) is 5.82 Å². The number of nitrogens with two attached hydrogens (primary N) is 1. The highest BCUT2D eigenvalue weighted by Crippen LogP contribution is 2.30. The van der Waals surface area contributed by atoms with Crippen LogP contribution in [-0.2, 0) is 0 Å². The van der Waals surface area contributed by atoms with Crippen LogP contribution < -0.4 is 5.73 Å². The third kappa shape index (κ3) is 2.15. The summed E-state index contributed by atoms with van der Waals surface area (Å²) in [4.78, 5) is 15.0. The Morgan fingerprint density at radius 1 is 1.28 bits per heavy atom. The first-order chi connectivity index (χ1) is 8.50. The molecule has 2 rings (SSSR count). The van der Waals surface area contributed by atoms with Gasteiger partial charge in [0.05, 0.1) is 0 Å². The Bertz CT molecular complexity index is 626. The van der Waals surface area contributed by atoms with E-state index in [0.717, 1.165) is 11.1 Å². The van der Waals surface area contributed by atoms with Gasteiger partial charge < -0.3 is 10.8 Å². The number of hydrogen-bond acceptors (Lipinski definition) is 3. The summed E-state index contributed by atoms with van der Waals surface area (Å²) < 4.78 is 0. The van der Waals surface area contributed by atoms with Crippen LogP contribution in [0.15, 0.2) is 30.3 Å². The number of carbonyl (C=O) groups is 1. The van der Waals surface area contributed by atoms with Crippen molar-refractivity contribution in [3.63, 3.8) is 0 Å². The van der Waals surface area contributed by atoms with Gasteiger partial charge in [-0.25, -0.2) is 9.78 Å². The number of aromatic nitrogens is 1. The Balaban J connectivity index is 2.71. The molecule has 0 spiro atoms. The zero-order valence-corrected chi connectivity index (χ0v) is 10.4. The first-order valence-electron chi connectivity index (χ1n) is 5.26. The smallest absolute Gasteiger partial charge is 0.355 e. The number of anilines is 1. The molecule has 0 bridgehead atoms.